The Balaban J connectivity index is 1.93. The van der Waals surface area contributed by atoms with Gasteiger partial charge in [0.1, 0.15) is 0 Å². The molecule has 19 heavy (non-hydrogen) atoms. The summed E-state index contributed by atoms with van der Waals surface area (Å²) in [6, 6.07) is 9.95. The Hall–Kier alpha value is -1.40. The summed E-state index contributed by atoms with van der Waals surface area (Å²) in [5, 5.41) is 4.33. The van der Waals surface area contributed by atoms with Crippen LogP contribution in [-0.2, 0) is 6.42 Å². The average molecular weight is 293 g/mol. The Bertz CT molecular complexity index is 691. The molecule has 1 atom stereocenters. The zero-order valence-electron chi connectivity index (χ0n) is 10.1. The molecule has 0 aliphatic heterocycles. The summed E-state index contributed by atoms with van der Waals surface area (Å²) in [5.41, 5.74) is 5.02. The molecule has 98 valence electrons. The summed E-state index contributed by atoms with van der Waals surface area (Å²) in [6.07, 6.45) is 4.58. The van der Waals surface area contributed by atoms with Gasteiger partial charge in [0.05, 0.1) is 22.1 Å². The number of hydrazine groups is 1. The highest BCUT2D eigenvalue weighted by Gasteiger charge is 2.16. The van der Waals surface area contributed by atoms with Crippen molar-refractivity contribution in [3.63, 3.8) is 0 Å². The minimum Gasteiger partial charge on any atom is -0.271 e. The maximum atomic E-state index is 5.96. The highest BCUT2D eigenvalue weighted by atomic mass is 35.5. The quantitative estimate of drug-likeness (QED) is 0.574. The number of rotatable bonds is 4. The Labute approximate surface area is 119 Å². The fraction of sp³-hybridized carbons (Fsp3) is 0.154. The van der Waals surface area contributed by atoms with Gasteiger partial charge in [-0.25, -0.2) is 4.52 Å². The molecule has 3 N–H and O–H groups in total. The first-order chi connectivity index (χ1) is 9.28. The molecule has 0 radical (unpaired) electrons. The molecule has 0 aromatic carbocycles. The van der Waals surface area contributed by atoms with Crippen LogP contribution in [0, 0.1) is 0 Å². The molecule has 3 aromatic rings. The van der Waals surface area contributed by atoms with Gasteiger partial charge in [0.15, 0.2) is 0 Å². The molecule has 0 saturated carbocycles. The summed E-state index contributed by atoms with van der Waals surface area (Å²) in [6.45, 7) is 0. The summed E-state index contributed by atoms with van der Waals surface area (Å²) in [7, 11) is 0. The molecule has 0 aliphatic rings. The van der Waals surface area contributed by atoms with Gasteiger partial charge in [0.25, 0.3) is 0 Å². The molecule has 1 unspecified atom stereocenters. The summed E-state index contributed by atoms with van der Waals surface area (Å²) < 4.78 is 2.65. The fourth-order valence-corrected chi connectivity index (χ4v) is 3.28. The van der Waals surface area contributed by atoms with E-state index in [0.717, 1.165) is 21.8 Å². The third-order valence-corrected chi connectivity index (χ3v) is 4.32. The highest BCUT2D eigenvalue weighted by Crippen LogP contribution is 2.27. The second-order valence-electron chi connectivity index (χ2n) is 4.26. The number of nitrogens with two attached hydrogens (primary N) is 1. The molecule has 0 bridgehead atoms. The van der Waals surface area contributed by atoms with Gasteiger partial charge in [-0.05, 0) is 24.3 Å². The van der Waals surface area contributed by atoms with Gasteiger partial charge in [0.2, 0.25) is 0 Å². The number of aromatic nitrogens is 2. The van der Waals surface area contributed by atoms with Gasteiger partial charge in [-0.2, -0.15) is 5.10 Å². The van der Waals surface area contributed by atoms with Crippen LogP contribution in [0.25, 0.3) is 5.52 Å². The number of nitrogens with zero attached hydrogens (tertiary/aromatic N) is 2. The van der Waals surface area contributed by atoms with Crippen molar-refractivity contribution < 1.29 is 0 Å². The Morgan fingerprint density at radius 2 is 2.26 bits per heavy atom. The lowest BCUT2D eigenvalue weighted by atomic mass is 10.1. The fourth-order valence-electron chi connectivity index (χ4n) is 2.14. The number of pyridine rings is 1. The van der Waals surface area contributed by atoms with E-state index in [9.17, 15) is 0 Å². The number of hydrogen-bond donors (Lipinski definition) is 2. The van der Waals surface area contributed by atoms with Gasteiger partial charge in [-0.15, -0.1) is 11.3 Å². The van der Waals surface area contributed by atoms with E-state index in [0.29, 0.717) is 0 Å². The van der Waals surface area contributed by atoms with Crippen molar-refractivity contribution in [3.8, 4) is 0 Å². The Kier molecular flexibility index (Phi) is 3.52. The largest absolute Gasteiger partial charge is 0.271 e. The number of nitrogens with one attached hydrogen (secondary N) is 1. The smallest absolute Gasteiger partial charge is 0.0931 e. The monoisotopic (exact) mass is 292 g/mol. The SMILES string of the molecule is NNC(Cc1ccc(Cl)s1)c1cnn2ccccc12. The van der Waals surface area contributed by atoms with Crippen molar-refractivity contribution >= 4 is 28.5 Å². The van der Waals surface area contributed by atoms with Gasteiger partial charge < -0.3 is 0 Å². The molecule has 6 heteroatoms. The zero-order chi connectivity index (χ0) is 13.2. The maximum absolute atomic E-state index is 5.96. The van der Waals surface area contributed by atoms with E-state index in [1.807, 2.05) is 47.2 Å². The minimum atomic E-state index is 0.0228. The number of halogens is 1. The van der Waals surface area contributed by atoms with E-state index in [-0.39, 0.29) is 6.04 Å². The van der Waals surface area contributed by atoms with E-state index >= 15 is 0 Å². The molecule has 0 fully saturated rings. The minimum absolute atomic E-state index is 0.0228. The van der Waals surface area contributed by atoms with Crippen molar-refractivity contribution in [3.05, 3.63) is 57.5 Å². The van der Waals surface area contributed by atoms with Crippen molar-refractivity contribution in [2.24, 2.45) is 5.84 Å². The van der Waals surface area contributed by atoms with Crippen molar-refractivity contribution in [1.29, 1.82) is 0 Å². The average Bonchev–Trinajstić information content (AvgIpc) is 3.02. The van der Waals surface area contributed by atoms with Crippen LogP contribution in [0.5, 0.6) is 0 Å². The van der Waals surface area contributed by atoms with Crippen LogP contribution in [-0.4, -0.2) is 9.61 Å². The van der Waals surface area contributed by atoms with Gasteiger partial charge >= 0.3 is 0 Å². The van der Waals surface area contributed by atoms with Gasteiger partial charge in [-0.3, -0.25) is 11.3 Å². The molecule has 3 aromatic heterocycles. The van der Waals surface area contributed by atoms with E-state index in [4.69, 9.17) is 17.4 Å². The van der Waals surface area contributed by atoms with Crippen LogP contribution >= 0.6 is 22.9 Å². The lowest BCUT2D eigenvalue weighted by molar-refractivity contribution is 0.559. The predicted octanol–water partition coefficient (Wildman–Crippen LogP) is 2.80. The Morgan fingerprint density at radius 3 is 3.00 bits per heavy atom. The standard InChI is InChI=1S/C13H13ClN4S/c14-13-5-4-9(19-13)7-11(17-15)10-8-16-18-6-2-1-3-12(10)18/h1-6,8,11,17H,7,15H2. The van der Waals surface area contributed by atoms with E-state index in [1.54, 1.807) is 11.3 Å². The van der Waals surface area contributed by atoms with Gasteiger partial charge in [-0.1, -0.05) is 17.7 Å². The Morgan fingerprint density at radius 1 is 1.37 bits per heavy atom. The number of fused-ring (bicyclic) bond motifs is 1. The van der Waals surface area contributed by atoms with Gasteiger partial charge in [0, 0.05) is 23.1 Å². The maximum Gasteiger partial charge on any atom is 0.0931 e. The third-order valence-electron chi connectivity index (χ3n) is 3.07. The van der Waals surface area contributed by atoms with E-state index in [2.05, 4.69) is 10.5 Å². The number of hydrogen-bond acceptors (Lipinski definition) is 4. The zero-order valence-corrected chi connectivity index (χ0v) is 11.7. The molecule has 4 nitrogen and oxygen atoms in total. The molecule has 3 rings (SSSR count). The highest BCUT2D eigenvalue weighted by molar-refractivity contribution is 7.16. The van der Waals surface area contributed by atoms with Crippen LogP contribution in [0.2, 0.25) is 4.34 Å². The molecule has 0 amide bonds. The van der Waals surface area contributed by atoms with Crippen molar-refractivity contribution in [1.82, 2.24) is 15.0 Å². The lowest BCUT2D eigenvalue weighted by Crippen LogP contribution is -2.29. The third kappa shape index (κ3) is 2.50. The predicted molar refractivity (Wildman–Crippen MR) is 78.3 cm³/mol. The lowest BCUT2D eigenvalue weighted by Gasteiger charge is -2.13. The van der Waals surface area contributed by atoms with Crippen LogP contribution in [0.4, 0.5) is 0 Å². The van der Waals surface area contributed by atoms with E-state index < -0.39 is 0 Å². The van der Waals surface area contributed by atoms with E-state index in [1.165, 1.54) is 4.88 Å². The normalized spacial score (nSPS) is 12.9. The summed E-state index contributed by atoms with van der Waals surface area (Å²) >= 11 is 7.53. The first kappa shape index (κ1) is 12.6. The van der Waals surface area contributed by atoms with Crippen LogP contribution in [0.15, 0.2) is 42.7 Å². The second kappa shape index (κ2) is 5.30. The molecular weight excluding hydrogens is 280 g/mol. The molecule has 0 aliphatic carbocycles. The van der Waals surface area contributed by atoms with Crippen molar-refractivity contribution in [2.45, 2.75) is 12.5 Å². The molecular formula is C13H13ClN4S. The summed E-state index contributed by atoms with van der Waals surface area (Å²) in [5.74, 6) is 5.69. The van der Waals surface area contributed by atoms with Crippen LogP contribution in [0.1, 0.15) is 16.5 Å². The second-order valence-corrected chi connectivity index (χ2v) is 6.06. The van der Waals surface area contributed by atoms with Crippen LogP contribution in [0.3, 0.4) is 0 Å². The summed E-state index contributed by atoms with van der Waals surface area (Å²) in [4.78, 5) is 1.20. The van der Waals surface area contributed by atoms with Crippen LogP contribution < -0.4 is 11.3 Å². The first-order valence-electron chi connectivity index (χ1n) is 5.90. The molecule has 0 saturated heterocycles. The molecule has 0 spiro atoms. The topological polar surface area (TPSA) is 55.3 Å². The number of thiophene rings is 1. The molecule has 3 heterocycles. The first-order valence-corrected chi connectivity index (χ1v) is 7.10. The van der Waals surface area contributed by atoms with Crippen molar-refractivity contribution in [2.75, 3.05) is 0 Å².